The number of ether oxygens (including phenoxy) is 1. The number of halogens is 2. The number of hydrogen-bond donors (Lipinski definition) is 1. The number of alkyl halides is 2. The molecule has 0 aromatic carbocycles. The average Bonchev–Trinajstić information content (AvgIpc) is 2.18. The summed E-state index contributed by atoms with van der Waals surface area (Å²) in [6.07, 6.45) is 1.76. The Labute approximate surface area is 93.3 Å². The van der Waals surface area contributed by atoms with Gasteiger partial charge in [-0.1, -0.05) is 0 Å². The van der Waals surface area contributed by atoms with Crippen molar-refractivity contribution in [2.45, 2.75) is 50.0 Å². The van der Waals surface area contributed by atoms with Crippen molar-refractivity contribution in [1.29, 1.82) is 0 Å². The van der Waals surface area contributed by atoms with E-state index >= 15 is 0 Å². The van der Waals surface area contributed by atoms with Crippen molar-refractivity contribution < 1.29 is 18.3 Å². The molecule has 2 aliphatic rings. The van der Waals surface area contributed by atoms with Crippen LogP contribution in [0.5, 0.6) is 0 Å². The van der Waals surface area contributed by atoms with E-state index in [1.165, 1.54) is 7.11 Å². The summed E-state index contributed by atoms with van der Waals surface area (Å²) in [5, 5.41) is 0. The molecule has 5 heteroatoms. The zero-order chi connectivity index (χ0) is 12.0. The van der Waals surface area contributed by atoms with Gasteiger partial charge in [0.05, 0.1) is 7.11 Å². The Hall–Kier alpha value is -0.710. The molecular weight excluding hydrogens is 216 g/mol. The SMILES string of the molecule is COC(=O)C1(N)CC2(CCC(F)(F)CC2)C1. The van der Waals surface area contributed by atoms with Gasteiger partial charge in [-0.05, 0) is 31.1 Å². The summed E-state index contributed by atoms with van der Waals surface area (Å²) in [7, 11) is 1.30. The van der Waals surface area contributed by atoms with E-state index in [1.54, 1.807) is 0 Å². The summed E-state index contributed by atoms with van der Waals surface area (Å²) in [6, 6.07) is 0. The molecular formula is C11H17F2NO2. The van der Waals surface area contributed by atoms with Crippen LogP contribution in [0, 0.1) is 5.41 Å². The van der Waals surface area contributed by atoms with Crippen LogP contribution in [-0.4, -0.2) is 24.5 Å². The zero-order valence-electron chi connectivity index (χ0n) is 9.39. The third-order valence-corrected chi connectivity index (χ3v) is 4.02. The third-order valence-electron chi connectivity index (χ3n) is 4.02. The van der Waals surface area contributed by atoms with E-state index in [0.717, 1.165) is 0 Å². The predicted molar refractivity (Wildman–Crippen MR) is 54.0 cm³/mol. The van der Waals surface area contributed by atoms with Crippen molar-refractivity contribution in [2.24, 2.45) is 11.1 Å². The molecule has 2 N–H and O–H groups in total. The number of carbonyl (C=O) groups excluding carboxylic acids is 1. The minimum absolute atomic E-state index is 0.0791. The molecule has 3 nitrogen and oxygen atoms in total. The molecule has 0 unspecified atom stereocenters. The minimum Gasteiger partial charge on any atom is -0.468 e. The Kier molecular flexibility index (Phi) is 2.49. The fourth-order valence-electron chi connectivity index (χ4n) is 3.13. The van der Waals surface area contributed by atoms with Gasteiger partial charge in [0.25, 0.3) is 0 Å². The standard InChI is InChI=1S/C11H17F2NO2/c1-16-8(15)10(14)6-9(7-10)2-4-11(12,13)5-3-9/h2-7,14H2,1H3. The maximum atomic E-state index is 13.0. The quantitative estimate of drug-likeness (QED) is 0.703. The van der Waals surface area contributed by atoms with Gasteiger partial charge in [0.1, 0.15) is 5.54 Å². The summed E-state index contributed by atoms with van der Waals surface area (Å²) >= 11 is 0. The van der Waals surface area contributed by atoms with Gasteiger partial charge in [0.15, 0.2) is 0 Å². The first-order valence-electron chi connectivity index (χ1n) is 5.56. The number of hydrogen-bond acceptors (Lipinski definition) is 3. The molecule has 2 saturated carbocycles. The fourth-order valence-corrected chi connectivity index (χ4v) is 3.13. The summed E-state index contributed by atoms with van der Waals surface area (Å²) in [5.74, 6) is -2.95. The molecule has 0 aromatic rings. The second-order valence-corrected chi connectivity index (χ2v) is 5.36. The first-order valence-corrected chi connectivity index (χ1v) is 5.56. The second kappa shape index (κ2) is 3.39. The Morgan fingerprint density at radius 2 is 1.69 bits per heavy atom. The summed E-state index contributed by atoms with van der Waals surface area (Å²) in [4.78, 5) is 11.4. The Balaban J connectivity index is 1.95. The largest absolute Gasteiger partial charge is 0.468 e. The van der Waals surface area contributed by atoms with Crippen molar-refractivity contribution in [1.82, 2.24) is 0 Å². The lowest BCUT2D eigenvalue weighted by molar-refractivity contribution is -0.164. The lowest BCUT2D eigenvalue weighted by atomic mass is 9.52. The van der Waals surface area contributed by atoms with Gasteiger partial charge in [0, 0.05) is 12.8 Å². The first kappa shape index (κ1) is 11.8. The van der Waals surface area contributed by atoms with Crippen molar-refractivity contribution in [3.05, 3.63) is 0 Å². The topological polar surface area (TPSA) is 52.3 Å². The number of nitrogens with two attached hydrogens (primary N) is 1. The maximum Gasteiger partial charge on any atom is 0.325 e. The summed E-state index contributed by atoms with van der Waals surface area (Å²) in [5.41, 5.74) is 4.80. The molecule has 0 radical (unpaired) electrons. The molecule has 0 aliphatic heterocycles. The van der Waals surface area contributed by atoms with Crippen LogP contribution in [0.25, 0.3) is 0 Å². The molecule has 16 heavy (non-hydrogen) atoms. The van der Waals surface area contributed by atoms with Crippen LogP contribution in [-0.2, 0) is 9.53 Å². The minimum atomic E-state index is -2.52. The molecule has 0 aromatic heterocycles. The highest BCUT2D eigenvalue weighted by atomic mass is 19.3. The van der Waals surface area contributed by atoms with E-state index in [4.69, 9.17) is 5.73 Å². The lowest BCUT2D eigenvalue weighted by Crippen LogP contribution is -2.64. The number of methoxy groups -OCH3 is 1. The normalized spacial score (nSPS) is 29.5. The Morgan fingerprint density at radius 1 is 1.19 bits per heavy atom. The third kappa shape index (κ3) is 1.81. The highest BCUT2D eigenvalue weighted by molar-refractivity contribution is 5.82. The van der Waals surface area contributed by atoms with Crippen LogP contribution >= 0.6 is 0 Å². The molecule has 0 heterocycles. The summed E-state index contributed by atoms with van der Waals surface area (Å²) < 4.78 is 30.6. The van der Waals surface area contributed by atoms with Gasteiger partial charge in [0.2, 0.25) is 5.92 Å². The number of carbonyl (C=O) groups is 1. The van der Waals surface area contributed by atoms with E-state index in [0.29, 0.717) is 25.7 Å². The van der Waals surface area contributed by atoms with E-state index in [9.17, 15) is 13.6 Å². The van der Waals surface area contributed by atoms with Crippen LogP contribution in [0.15, 0.2) is 0 Å². The maximum absolute atomic E-state index is 13.0. The van der Waals surface area contributed by atoms with E-state index in [2.05, 4.69) is 4.74 Å². The summed E-state index contributed by atoms with van der Waals surface area (Å²) in [6.45, 7) is 0. The molecule has 2 rings (SSSR count). The van der Waals surface area contributed by atoms with Crippen LogP contribution in [0.1, 0.15) is 38.5 Å². The van der Waals surface area contributed by atoms with Crippen molar-refractivity contribution >= 4 is 5.97 Å². The molecule has 0 atom stereocenters. The molecule has 0 saturated heterocycles. The molecule has 2 fully saturated rings. The predicted octanol–water partition coefficient (Wildman–Crippen LogP) is 1.85. The second-order valence-electron chi connectivity index (χ2n) is 5.36. The number of rotatable bonds is 1. The van der Waals surface area contributed by atoms with E-state index in [-0.39, 0.29) is 18.3 Å². The Morgan fingerprint density at radius 3 is 2.12 bits per heavy atom. The van der Waals surface area contributed by atoms with Gasteiger partial charge in [-0.3, -0.25) is 4.79 Å². The highest BCUT2D eigenvalue weighted by Crippen LogP contribution is 2.58. The van der Waals surface area contributed by atoms with Crippen LogP contribution < -0.4 is 5.73 Å². The van der Waals surface area contributed by atoms with E-state index in [1.807, 2.05) is 0 Å². The molecule has 2 aliphatic carbocycles. The molecule has 0 bridgehead atoms. The average molecular weight is 233 g/mol. The Bertz CT molecular complexity index is 299. The monoisotopic (exact) mass is 233 g/mol. The van der Waals surface area contributed by atoms with Gasteiger partial charge < -0.3 is 10.5 Å². The van der Waals surface area contributed by atoms with Crippen molar-refractivity contribution in [3.8, 4) is 0 Å². The van der Waals surface area contributed by atoms with Gasteiger partial charge in [-0.2, -0.15) is 0 Å². The first-order chi connectivity index (χ1) is 7.31. The van der Waals surface area contributed by atoms with Gasteiger partial charge >= 0.3 is 5.97 Å². The lowest BCUT2D eigenvalue weighted by Gasteiger charge is -2.55. The molecule has 92 valence electrons. The smallest absolute Gasteiger partial charge is 0.325 e. The van der Waals surface area contributed by atoms with E-state index < -0.39 is 17.4 Å². The van der Waals surface area contributed by atoms with Crippen molar-refractivity contribution in [2.75, 3.05) is 7.11 Å². The van der Waals surface area contributed by atoms with Gasteiger partial charge in [-0.25, -0.2) is 8.78 Å². The fraction of sp³-hybridized carbons (Fsp3) is 0.909. The van der Waals surface area contributed by atoms with Crippen LogP contribution in [0.4, 0.5) is 8.78 Å². The van der Waals surface area contributed by atoms with Crippen molar-refractivity contribution in [3.63, 3.8) is 0 Å². The zero-order valence-corrected chi connectivity index (χ0v) is 9.39. The molecule has 0 amide bonds. The highest BCUT2D eigenvalue weighted by Gasteiger charge is 2.59. The molecule has 1 spiro atoms. The number of esters is 1. The van der Waals surface area contributed by atoms with Gasteiger partial charge in [-0.15, -0.1) is 0 Å². The van der Waals surface area contributed by atoms with Crippen LogP contribution in [0.3, 0.4) is 0 Å². The van der Waals surface area contributed by atoms with Crippen LogP contribution in [0.2, 0.25) is 0 Å².